The van der Waals surface area contributed by atoms with Gasteiger partial charge in [0.15, 0.2) is 4.67 Å². The van der Waals surface area contributed by atoms with Gasteiger partial charge < -0.3 is 4.42 Å². The lowest BCUT2D eigenvalue weighted by Gasteiger charge is -2.27. The van der Waals surface area contributed by atoms with Gasteiger partial charge in [-0.2, -0.15) is 0 Å². The van der Waals surface area contributed by atoms with Gasteiger partial charge in [-0.15, -0.1) is 0 Å². The normalized spacial score (nSPS) is 15.7. The minimum atomic E-state index is 0.264. The molecule has 2 heteroatoms. The van der Waals surface area contributed by atoms with Crippen LogP contribution in [0.3, 0.4) is 0 Å². The monoisotopic (exact) mass is 244 g/mol. The summed E-state index contributed by atoms with van der Waals surface area (Å²) in [6.45, 7) is 6.75. The van der Waals surface area contributed by atoms with E-state index in [1.54, 1.807) is 6.26 Å². The highest BCUT2D eigenvalue weighted by molar-refractivity contribution is 9.10. The van der Waals surface area contributed by atoms with Gasteiger partial charge in [-0.1, -0.05) is 27.2 Å². The smallest absolute Gasteiger partial charge is 0.172 e. The van der Waals surface area contributed by atoms with Crippen molar-refractivity contribution in [3.05, 3.63) is 22.6 Å². The number of halogens is 1. The fourth-order valence-electron chi connectivity index (χ4n) is 1.78. The molecule has 1 unspecified atom stereocenters. The van der Waals surface area contributed by atoms with Crippen molar-refractivity contribution in [3.8, 4) is 0 Å². The summed E-state index contributed by atoms with van der Waals surface area (Å²) in [7, 11) is 0. The molecule has 0 aliphatic carbocycles. The lowest BCUT2D eigenvalue weighted by molar-refractivity contribution is 0.403. The first-order valence-electron chi connectivity index (χ1n) is 4.87. The Morgan fingerprint density at radius 1 is 1.46 bits per heavy atom. The molecule has 0 radical (unpaired) electrons. The Labute approximate surface area is 88.6 Å². The molecule has 1 rings (SSSR count). The van der Waals surface area contributed by atoms with Gasteiger partial charge >= 0.3 is 0 Å². The van der Waals surface area contributed by atoms with Crippen LogP contribution < -0.4 is 0 Å². The zero-order valence-corrected chi connectivity index (χ0v) is 10.1. The van der Waals surface area contributed by atoms with Crippen LogP contribution >= 0.6 is 15.9 Å². The Morgan fingerprint density at radius 3 is 2.54 bits per heavy atom. The van der Waals surface area contributed by atoms with Gasteiger partial charge in [0.2, 0.25) is 0 Å². The molecule has 0 bridgehead atoms. The van der Waals surface area contributed by atoms with Crippen LogP contribution in [-0.2, 0) is 5.41 Å². The molecule has 74 valence electrons. The second kappa shape index (κ2) is 4.32. The maximum Gasteiger partial charge on any atom is 0.172 e. The Morgan fingerprint density at radius 2 is 2.15 bits per heavy atom. The van der Waals surface area contributed by atoms with Crippen LogP contribution in [-0.4, -0.2) is 0 Å². The van der Waals surface area contributed by atoms with Crippen LogP contribution in [0.1, 0.15) is 45.6 Å². The van der Waals surface area contributed by atoms with Crippen LogP contribution in [0.15, 0.2) is 21.4 Å². The van der Waals surface area contributed by atoms with E-state index in [4.69, 9.17) is 4.42 Å². The van der Waals surface area contributed by atoms with Crippen LogP contribution in [0.4, 0.5) is 0 Å². The summed E-state index contributed by atoms with van der Waals surface area (Å²) in [6.07, 6.45) is 5.32. The van der Waals surface area contributed by atoms with Crippen molar-refractivity contribution in [2.24, 2.45) is 0 Å². The molecule has 0 fully saturated rings. The fraction of sp³-hybridized carbons (Fsp3) is 0.636. The minimum absolute atomic E-state index is 0.264. The SMILES string of the molecule is CCCC(C)(CC)c1ccoc1Br. The second-order valence-corrected chi connectivity index (χ2v) is 4.49. The highest BCUT2D eigenvalue weighted by Gasteiger charge is 2.27. The van der Waals surface area contributed by atoms with Crippen LogP contribution in [0, 0.1) is 0 Å². The lowest BCUT2D eigenvalue weighted by Crippen LogP contribution is -2.20. The maximum absolute atomic E-state index is 5.28. The van der Waals surface area contributed by atoms with Crippen molar-refractivity contribution in [1.29, 1.82) is 0 Å². The predicted molar refractivity (Wildman–Crippen MR) is 59.0 cm³/mol. The first-order chi connectivity index (χ1) is 6.14. The van der Waals surface area contributed by atoms with Crippen molar-refractivity contribution < 1.29 is 4.42 Å². The molecular weight excluding hydrogens is 228 g/mol. The van der Waals surface area contributed by atoms with Crippen LogP contribution in [0.2, 0.25) is 0 Å². The number of rotatable bonds is 4. The molecule has 0 amide bonds. The van der Waals surface area contributed by atoms with Gasteiger partial charge in [0.25, 0.3) is 0 Å². The highest BCUT2D eigenvalue weighted by Crippen LogP contribution is 2.37. The Bertz CT molecular complexity index is 267. The molecule has 0 aliphatic rings. The van der Waals surface area contributed by atoms with E-state index < -0.39 is 0 Å². The van der Waals surface area contributed by atoms with Crippen molar-refractivity contribution >= 4 is 15.9 Å². The number of hydrogen-bond donors (Lipinski definition) is 0. The Balaban J connectivity index is 2.95. The van der Waals surface area contributed by atoms with E-state index in [-0.39, 0.29) is 5.41 Å². The van der Waals surface area contributed by atoms with Gasteiger partial charge in [-0.25, -0.2) is 0 Å². The van der Waals surface area contributed by atoms with Gasteiger partial charge in [0.05, 0.1) is 6.26 Å². The van der Waals surface area contributed by atoms with Crippen LogP contribution in [0.25, 0.3) is 0 Å². The summed E-state index contributed by atoms with van der Waals surface area (Å²) < 4.78 is 6.17. The number of hydrogen-bond acceptors (Lipinski definition) is 1. The molecule has 0 saturated heterocycles. The molecule has 1 atom stereocenters. The highest BCUT2D eigenvalue weighted by atomic mass is 79.9. The molecule has 1 aromatic heterocycles. The van der Waals surface area contributed by atoms with Gasteiger partial charge in [-0.05, 0) is 40.3 Å². The summed E-state index contributed by atoms with van der Waals surface area (Å²) in [5.74, 6) is 0. The van der Waals surface area contributed by atoms with E-state index in [0.717, 1.165) is 11.1 Å². The van der Waals surface area contributed by atoms with E-state index in [9.17, 15) is 0 Å². The average molecular weight is 245 g/mol. The first kappa shape index (κ1) is 10.8. The molecule has 0 aliphatic heterocycles. The zero-order valence-electron chi connectivity index (χ0n) is 8.56. The molecule has 13 heavy (non-hydrogen) atoms. The molecule has 0 aromatic carbocycles. The summed E-state index contributed by atoms with van der Waals surface area (Å²) in [6, 6.07) is 2.07. The molecule has 1 nitrogen and oxygen atoms in total. The second-order valence-electron chi connectivity index (χ2n) is 3.77. The molecular formula is C11H17BrO. The third kappa shape index (κ3) is 2.16. The fourth-order valence-corrected chi connectivity index (χ4v) is 2.50. The molecule has 0 N–H and O–H groups in total. The summed E-state index contributed by atoms with van der Waals surface area (Å²) in [5.41, 5.74) is 1.57. The van der Waals surface area contributed by atoms with Crippen molar-refractivity contribution in [2.45, 2.75) is 45.4 Å². The standard InChI is InChI=1S/C11H17BrO/c1-4-7-11(3,5-2)9-6-8-13-10(9)12/h6,8H,4-5,7H2,1-3H3. The first-order valence-corrected chi connectivity index (χ1v) is 5.67. The van der Waals surface area contributed by atoms with Crippen LogP contribution in [0.5, 0.6) is 0 Å². The van der Waals surface area contributed by atoms with Crippen molar-refractivity contribution in [2.75, 3.05) is 0 Å². The third-order valence-electron chi connectivity index (χ3n) is 2.85. The van der Waals surface area contributed by atoms with E-state index >= 15 is 0 Å². The Hall–Kier alpha value is -0.240. The average Bonchev–Trinajstić information content (AvgIpc) is 2.52. The molecule has 1 aromatic rings. The molecule has 0 saturated carbocycles. The van der Waals surface area contributed by atoms with Crippen molar-refractivity contribution in [3.63, 3.8) is 0 Å². The summed E-state index contributed by atoms with van der Waals surface area (Å²) >= 11 is 3.45. The minimum Gasteiger partial charge on any atom is -0.457 e. The summed E-state index contributed by atoms with van der Waals surface area (Å²) in [4.78, 5) is 0. The van der Waals surface area contributed by atoms with E-state index in [1.165, 1.54) is 18.4 Å². The maximum atomic E-state index is 5.28. The largest absolute Gasteiger partial charge is 0.457 e. The predicted octanol–water partition coefficient (Wildman–Crippen LogP) is 4.51. The molecule has 0 spiro atoms. The molecule has 1 heterocycles. The third-order valence-corrected chi connectivity index (χ3v) is 3.46. The quantitative estimate of drug-likeness (QED) is 0.760. The van der Waals surface area contributed by atoms with E-state index in [1.807, 2.05) is 0 Å². The van der Waals surface area contributed by atoms with Gasteiger partial charge in [-0.3, -0.25) is 0 Å². The Kier molecular flexibility index (Phi) is 3.60. The van der Waals surface area contributed by atoms with Gasteiger partial charge in [0, 0.05) is 5.56 Å². The van der Waals surface area contributed by atoms with Gasteiger partial charge in [0.1, 0.15) is 0 Å². The van der Waals surface area contributed by atoms with E-state index in [2.05, 4.69) is 42.8 Å². The van der Waals surface area contributed by atoms with E-state index in [0.29, 0.717) is 0 Å². The topological polar surface area (TPSA) is 13.1 Å². The number of furan rings is 1. The lowest BCUT2D eigenvalue weighted by atomic mass is 9.78. The summed E-state index contributed by atoms with van der Waals surface area (Å²) in [5, 5.41) is 0. The van der Waals surface area contributed by atoms with Crippen molar-refractivity contribution in [1.82, 2.24) is 0 Å². The zero-order chi connectivity index (χ0) is 9.90.